The van der Waals surface area contributed by atoms with E-state index in [0.717, 1.165) is 32.7 Å². The summed E-state index contributed by atoms with van der Waals surface area (Å²) < 4.78 is 0.120. The minimum Gasteiger partial charge on any atom is -0.368 e. The average Bonchev–Trinajstić information content (AvgIpc) is 2.68. The number of piperazine rings is 1. The van der Waals surface area contributed by atoms with Crippen LogP contribution in [0, 0.1) is 0 Å². The molecular weight excluding hydrogens is 346 g/mol. The highest BCUT2D eigenvalue weighted by Crippen LogP contribution is 2.19. The van der Waals surface area contributed by atoms with Crippen LogP contribution in [0.1, 0.15) is 13.8 Å². The predicted molar refractivity (Wildman–Crippen MR) is 112 cm³/mol. The molecule has 1 aliphatic rings. The summed E-state index contributed by atoms with van der Waals surface area (Å²) in [5.41, 5.74) is 1.22. The number of nitrogens with one attached hydrogen (secondary N) is 2. The maximum atomic E-state index is 12.5. The van der Waals surface area contributed by atoms with Crippen molar-refractivity contribution in [2.75, 3.05) is 57.5 Å². The Morgan fingerprint density at radius 3 is 2.38 bits per heavy atom. The molecule has 0 bridgehead atoms. The Morgan fingerprint density at radius 2 is 1.81 bits per heavy atom. The molecule has 26 heavy (non-hydrogen) atoms. The van der Waals surface area contributed by atoms with Gasteiger partial charge in [0.25, 0.3) is 0 Å². The van der Waals surface area contributed by atoms with Crippen molar-refractivity contribution in [1.82, 2.24) is 15.5 Å². The van der Waals surface area contributed by atoms with Crippen molar-refractivity contribution in [2.45, 2.75) is 18.6 Å². The van der Waals surface area contributed by atoms with Crippen molar-refractivity contribution >= 4 is 29.3 Å². The van der Waals surface area contributed by atoms with Crippen LogP contribution in [0.25, 0.3) is 0 Å². The van der Waals surface area contributed by atoms with Crippen LogP contribution in [-0.4, -0.2) is 74.1 Å². The van der Waals surface area contributed by atoms with E-state index in [1.54, 1.807) is 18.8 Å². The van der Waals surface area contributed by atoms with E-state index in [1.807, 2.05) is 23.1 Å². The molecule has 0 spiro atoms. The fourth-order valence-corrected chi connectivity index (χ4v) is 2.93. The van der Waals surface area contributed by atoms with Gasteiger partial charge in [0, 0.05) is 50.2 Å². The number of nitrogens with zero attached hydrogens (tertiary/aromatic N) is 3. The van der Waals surface area contributed by atoms with Gasteiger partial charge in [-0.25, -0.2) is 0 Å². The fourth-order valence-electron chi connectivity index (χ4n) is 2.71. The summed E-state index contributed by atoms with van der Waals surface area (Å²) in [6, 6.07) is 10.4. The maximum absolute atomic E-state index is 12.5. The van der Waals surface area contributed by atoms with Crippen LogP contribution in [0.15, 0.2) is 35.3 Å². The van der Waals surface area contributed by atoms with E-state index in [0.29, 0.717) is 5.96 Å². The van der Waals surface area contributed by atoms with Crippen LogP contribution in [0.4, 0.5) is 5.69 Å². The highest BCUT2D eigenvalue weighted by atomic mass is 32.2. The number of anilines is 1. The highest BCUT2D eigenvalue weighted by molar-refractivity contribution is 7.99. The summed E-state index contributed by atoms with van der Waals surface area (Å²) in [5, 5.41) is 6.42. The molecule has 0 unspecified atom stereocenters. The number of guanidine groups is 1. The first-order chi connectivity index (χ1) is 12.4. The third-order valence-corrected chi connectivity index (χ3v) is 5.87. The zero-order valence-corrected chi connectivity index (χ0v) is 17.1. The van der Waals surface area contributed by atoms with Crippen LogP contribution < -0.4 is 15.5 Å². The lowest BCUT2D eigenvalue weighted by molar-refractivity contribution is -0.130. The average molecular weight is 378 g/mol. The Hall–Kier alpha value is -1.89. The predicted octanol–water partition coefficient (Wildman–Crippen LogP) is 1.64. The van der Waals surface area contributed by atoms with Gasteiger partial charge in [0.15, 0.2) is 5.96 Å². The standard InChI is InChI=1S/C19H31N5OS/c1-19(2,26-4)15-22-18(20-3)21-14-17(25)24-12-10-23(11-13-24)16-8-6-5-7-9-16/h5-9H,10-15H2,1-4H3,(H2,20,21,22). The molecule has 2 rings (SSSR count). The zero-order chi connectivity index (χ0) is 19.0. The molecule has 1 saturated heterocycles. The van der Waals surface area contributed by atoms with Gasteiger partial charge >= 0.3 is 0 Å². The number of para-hydroxylation sites is 1. The van der Waals surface area contributed by atoms with Gasteiger partial charge in [0.1, 0.15) is 0 Å². The molecule has 1 heterocycles. The lowest BCUT2D eigenvalue weighted by Gasteiger charge is -2.36. The Balaban J connectivity index is 1.74. The van der Waals surface area contributed by atoms with Gasteiger partial charge in [-0.15, -0.1) is 0 Å². The number of carbonyl (C=O) groups excluding carboxylic acids is 1. The van der Waals surface area contributed by atoms with E-state index in [1.165, 1.54) is 5.69 Å². The zero-order valence-electron chi connectivity index (χ0n) is 16.3. The van der Waals surface area contributed by atoms with Gasteiger partial charge in [0.05, 0.1) is 6.54 Å². The molecule has 0 aliphatic carbocycles. The number of benzene rings is 1. The lowest BCUT2D eigenvalue weighted by atomic mass is 10.2. The largest absolute Gasteiger partial charge is 0.368 e. The van der Waals surface area contributed by atoms with Crippen molar-refractivity contribution in [2.24, 2.45) is 4.99 Å². The molecule has 0 atom stereocenters. The van der Waals surface area contributed by atoms with Crippen molar-refractivity contribution in [1.29, 1.82) is 0 Å². The molecule has 0 saturated carbocycles. The van der Waals surface area contributed by atoms with Crippen molar-refractivity contribution in [3.8, 4) is 0 Å². The van der Waals surface area contributed by atoms with E-state index in [4.69, 9.17) is 0 Å². The molecule has 0 radical (unpaired) electrons. The number of aliphatic imine (C=N–C) groups is 1. The normalized spacial score (nSPS) is 15.8. The summed E-state index contributed by atoms with van der Waals surface area (Å²) in [6.45, 7) is 8.64. The number of hydrogen-bond acceptors (Lipinski definition) is 4. The number of hydrogen-bond donors (Lipinski definition) is 2. The smallest absolute Gasteiger partial charge is 0.242 e. The van der Waals surface area contributed by atoms with E-state index < -0.39 is 0 Å². The van der Waals surface area contributed by atoms with E-state index in [9.17, 15) is 4.79 Å². The quantitative estimate of drug-likeness (QED) is 0.583. The Kier molecular flexibility index (Phi) is 7.63. The van der Waals surface area contributed by atoms with Crippen LogP contribution in [0.2, 0.25) is 0 Å². The molecule has 1 aromatic carbocycles. The highest BCUT2D eigenvalue weighted by Gasteiger charge is 2.21. The molecule has 1 amide bonds. The summed E-state index contributed by atoms with van der Waals surface area (Å²) >= 11 is 1.80. The van der Waals surface area contributed by atoms with Crippen LogP contribution in [0.3, 0.4) is 0 Å². The second kappa shape index (κ2) is 9.71. The monoisotopic (exact) mass is 377 g/mol. The fraction of sp³-hybridized carbons (Fsp3) is 0.579. The number of amides is 1. The minimum atomic E-state index is 0.116. The van der Waals surface area contributed by atoms with E-state index >= 15 is 0 Å². The van der Waals surface area contributed by atoms with Gasteiger partial charge in [-0.05, 0) is 32.2 Å². The van der Waals surface area contributed by atoms with Gasteiger partial charge in [-0.3, -0.25) is 9.79 Å². The molecule has 1 aromatic rings. The second-order valence-corrected chi connectivity index (χ2v) is 8.46. The molecule has 1 aliphatic heterocycles. The maximum Gasteiger partial charge on any atom is 0.242 e. The van der Waals surface area contributed by atoms with E-state index in [2.05, 4.69) is 52.8 Å². The summed E-state index contributed by atoms with van der Waals surface area (Å²) in [5.74, 6) is 0.785. The minimum absolute atomic E-state index is 0.116. The lowest BCUT2D eigenvalue weighted by Crippen LogP contribution is -2.52. The van der Waals surface area contributed by atoms with Crippen molar-refractivity contribution in [3.05, 3.63) is 30.3 Å². The topological polar surface area (TPSA) is 60.0 Å². The first-order valence-corrected chi connectivity index (χ1v) is 10.2. The third-order valence-electron chi connectivity index (χ3n) is 4.62. The molecule has 0 aromatic heterocycles. The molecule has 2 N–H and O–H groups in total. The molecule has 144 valence electrons. The van der Waals surface area contributed by atoms with Crippen LogP contribution >= 0.6 is 11.8 Å². The summed E-state index contributed by atoms with van der Waals surface area (Å²) in [4.78, 5) is 20.9. The van der Waals surface area contributed by atoms with Crippen LogP contribution in [-0.2, 0) is 4.79 Å². The summed E-state index contributed by atoms with van der Waals surface area (Å²) in [7, 11) is 1.73. The summed E-state index contributed by atoms with van der Waals surface area (Å²) in [6.07, 6.45) is 2.09. The first-order valence-electron chi connectivity index (χ1n) is 9.02. The Morgan fingerprint density at radius 1 is 1.15 bits per heavy atom. The molecule has 7 heteroatoms. The number of carbonyl (C=O) groups is 1. The number of thioether (sulfide) groups is 1. The second-order valence-electron chi connectivity index (χ2n) is 6.95. The van der Waals surface area contributed by atoms with Gasteiger partial charge < -0.3 is 20.4 Å². The Labute approximate surface area is 161 Å². The van der Waals surface area contributed by atoms with Crippen molar-refractivity contribution < 1.29 is 4.79 Å². The van der Waals surface area contributed by atoms with Crippen LogP contribution in [0.5, 0.6) is 0 Å². The molecular formula is C19H31N5OS. The first kappa shape index (κ1) is 20.4. The van der Waals surface area contributed by atoms with Gasteiger partial charge in [-0.1, -0.05) is 18.2 Å². The third kappa shape index (κ3) is 6.12. The van der Waals surface area contributed by atoms with Crippen molar-refractivity contribution in [3.63, 3.8) is 0 Å². The number of rotatable bonds is 6. The molecule has 6 nitrogen and oxygen atoms in total. The van der Waals surface area contributed by atoms with Gasteiger partial charge in [-0.2, -0.15) is 11.8 Å². The molecule has 1 fully saturated rings. The Bertz CT molecular complexity index is 597. The van der Waals surface area contributed by atoms with E-state index in [-0.39, 0.29) is 17.2 Å². The van der Waals surface area contributed by atoms with Gasteiger partial charge in [0.2, 0.25) is 5.91 Å². The SMILES string of the molecule is CN=C(NCC(=O)N1CCN(c2ccccc2)CC1)NCC(C)(C)SC.